The zero-order valence-electron chi connectivity index (χ0n) is 14.6. The Hall–Kier alpha value is -1.81. The average Bonchev–Trinajstić information content (AvgIpc) is 3.25. The lowest BCUT2D eigenvalue weighted by atomic mass is 10.1. The summed E-state index contributed by atoms with van der Waals surface area (Å²) in [5, 5.41) is 0. The number of benzene rings is 1. The summed E-state index contributed by atoms with van der Waals surface area (Å²) in [6, 6.07) is 11.9. The molecule has 4 heteroatoms. The van der Waals surface area contributed by atoms with Gasteiger partial charge >= 0.3 is 0 Å². The third-order valence-corrected chi connectivity index (χ3v) is 5.95. The molecule has 1 fully saturated rings. The van der Waals surface area contributed by atoms with Crippen molar-refractivity contribution in [2.75, 3.05) is 7.05 Å². The zero-order valence-corrected chi connectivity index (χ0v) is 15.4. The maximum atomic E-state index is 12.7. The molecule has 2 aromatic rings. The summed E-state index contributed by atoms with van der Waals surface area (Å²) in [6.07, 6.45) is 5.14. The topological polar surface area (TPSA) is 29.5 Å². The number of thiophene rings is 1. The Morgan fingerprint density at radius 2 is 1.83 bits per heavy atom. The van der Waals surface area contributed by atoms with Crippen LogP contribution in [0.5, 0.6) is 5.75 Å². The summed E-state index contributed by atoms with van der Waals surface area (Å²) in [5.41, 5.74) is 0.705. The Morgan fingerprint density at radius 3 is 2.42 bits per heavy atom. The minimum atomic E-state index is 0.0426. The van der Waals surface area contributed by atoms with Gasteiger partial charge in [0.2, 0.25) is 0 Å². The summed E-state index contributed by atoms with van der Waals surface area (Å²) in [4.78, 5) is 17.0. The van der Waals surface area contributed by atoms with Crippen molar-refractivity contribution in [3.63, 3.8) is 0 Å². The van der Waals surface area contributed by atoms with Crippen molar-refractivity contribution in [3.05, 3.63) is 51.7 Å². The molecule has 0 saturated heterocycles. The highest BCUT2D eigenvalue weighted by molar-refractivity contribution is 7.12. The number of ether oxygens (including phenoxy) is 1. The summed E-state index contributed by atoms with van der Waals surface area (Å²) in [5.74, 6) is 0.906. The molecule has 1 aromatic carbocycles. The van der Waals surface area contributed by atoms with E-state index in [9.17, 15) is 4.79 Å². The molecule has 0 unspecified atom stereocenters. The van der Waals surface area contributed by atoms with Crippen molar-refractivity contribution in [2.45, 2.75) is 51.7 Å². The molecule has 0 spiro atoms. The van der Waals surface area contributed by atoms with Crippen LogP contribution in [-0.4, -0.2) is 24.0 Å². The lowest BCUT2D eigenvalue weighted by Crippen LogP contribution is -2.29. The van der Waals surface area contributed by atoms with Crippen molar-refractivity contribution >= 4 is 17.2 Å². The zero-order chi connectivity index (χ0) is 17.1. The van der Waals surface area contributed by atoms with Crippen LogP contribution in [0.15, 0.2) is 36.4 Å². The monoisotopic (exact) mass is 343 g/mol. The van der Waals surface area contributed by atoms with Gasteiger partial charge in [-0.05, 0) is 75.9 Å². The highest BCUT2D eigenvalue weighted by Crippen LogP contribution is 2.28. The molecule has 128 valence electrons. The van der Waals surface area contributed by atoms with Gasteiger partial charge in [-0.15, -0.1) is 11.3 Å². The van der Waals surface area contributed by atoms with E-state index >= 15 is 0 Å². The molecule has 0 radical (unpaired) electrons. The minimum absolute atomic E-state index is 0.0426. The summed E-state index contributed by atoms with van der Waals surface area (Å²) in [6.45, 7) is 4.16. The van der Waals surface area contributed by atoms with Gasteiger partial charge in [0.15, 0.2) is 0 Å². The Kier molecular flexibility index (Phi) is 5.24. The van der Waals surface area contributed by atoms with E-state index in [0.29, 0.717) is 11.7 Å². The molecular weight excluding hydrogens is 318 g/mol. The Labute approximate surface area is 148 Å². The molecule has 0 N–H and O–H groups in total. The third kappa shape index (κ3) is 3.81. The number of aryl methyl sites for hydroxylation is 1. The number of amides is 1. The fourth-order valence-corrected chi connectivity index (χ4v) is 4.10. The number of carbonyl (C=O) groups is 1. The minimum Gasteiger partial charge on any atom is -0.490 e. The highest BCUT2D eigenvalue weighted by Gasteiger charge is 2.21. The molecule has 3 rings (SSSR count). The average molecular weight is 343 g/mol. The first-order chi connectivity index (χ1) is 11.5. The van der Waals surface area contributed by atoms with E-state index in [4.69, 9.17) is 4.74 Å². The Bertz CT molecular complexity index is 686. The summed E-state index contributed by atoms with van der Waals surface area (Å²) < 4.78 is 5.97. The van der Waals surface area contributed by atoms with E-state index in [2.05, 4.69) is 26.0 Å². The van der Waals surface area contributed by atoms with E-state index in [-0.39, 0.29) is 11.9 Å². The second-order valence-electron chi connectivity index (χ2n) is 6.59. The van der Waals surface area contributed by atoms with Crippen LogP contribution in [0.3, 0.4) is 0 Å². The number of rotatable bonds is 5. The molecule has 1 aromatic heterocycles. The van der Waals surface area contributed by atoms with Crippen LogP contribution in [0.1, 0.15) is 58.8 Å². The number of nitrogens with zero attached hydrogens (tertiary/aromatic N) is 1. The summed E-state index contributed by atoms with van der Waals surface area (Å²) >= 11 is 1.74. The van der Waals surface area contributed by atoms with Crippen molar-refractivity contribution in [1.82, 2.24) is 4.90 Å². The molecule has 1 aliphatic rings. The van der Waals surface area contributed by atoms with E-state index in [1.54, 1.807) is 16.2 Å². The predicted molar refractivity (Wildman–Crippen MR) is 98.9 cm³/mol. The maximum absolute atomic E-state index is 12.7. The van der Waals surface area contributed by atoms with Crippen LogP contribution in [0, 0.1) is 6.92 Å². The smallest absolute Gasteiger partial charge is 0.254 e. The second kappa shape index (κ2) is 7.39. The molecule has 1 aliphatic carbocycles. The number of hydrogen-bond acceptors (Lipinski definition) is 3. The van der Waals surface area contributed by atoms with Gasteiger partial charge in [0.05, 0.1) is 12.1 Å². The second-order valence-corrected chi connectivity index (χ2v) is 7.91. The van der Waals surface area contributed by atoms with Gasteiger partial charge in [-0.3, -0.25) is 4.79 Å². The molecule has 3 nitrogen and oxygen atoms in total. The Balaban J connectivity index is 1.65. The van der Waals surface area contributed by atoms with Crippen LogP contribution in [0.25, 0.3) is 0 Å². The van der Waals surface area contributed by atoms with Gasteiger partial charge in [-0.25, -0.2) is 0 Å². The molecular formula is C20H25NO2S. The largest absolute Gasteiger partial charge is 0.490 e. The van der Waals surface area contributed by atoms with Gasteiger partial charge in [0.1, 0.15) is 5.75 Å². The van der Waals surface area contributed by atoms with Crippen molar-refractivity contribution in [1.29, 1.82) is 0 Å². The van der Waals surface area contributed by atoms with Gasteiger partial charge in [0.25, 0.3) is 5.91 Å². The quantitative estimate of drug-likeness (QED) is 0.746. The van der Waals surface area contributed by atoms with E-state index in [1.807, 2.05) is 31.3 Å². The fraction of sp³-hybridized carbons (Fsp3) is 0.450. The first-order valence-electron chi connectivity index (χ1n) is 8.65. The maximum Gasteiger partial charge on any atom is 0.254 e. The normalized spacial score (nSPS) is 16.1. The standard InChI is InChI=1S/C20H25NO2S/c1-14-8-13-19(24-14)15(2)21(3)20(22)16-9-11-18(12-10-16)23-17-6-4-5-7-17/h8-13,15,17H,4-7H2,1-3H3/t15-/m1/s1. The fourth-order valence-electron chi connectivity index (χ4n) is 3.12. The van der Waals surface area contributed by atoms with Crippen LogP contribution in [0.2, 0.25) is 0 Å². The number of carbonyl (C=O) groups excluding carboxylic acids is 1. The van der Waals surface area contributed by atoms with E-state index in [0.717, 1.165) is 18.6 Å². The van der Waals surface area contributed by atoms with E-state index in [1.165, 1.54) is 22.6 Å². The molecule has 1 amide bonds. The highest BCUT2D eigenvalue weighted by atomic mass is 32.1. The van der Waals surface area contributed by atoms with E-state index < -0.39 is 0 Å². The SMILES string of the molecule is Cc1ccc([C@@H](C)N(C)C(=O)c2ccc(OC3CCCC3)cc2)s1. The molecule has 1 atom stereocenters. The van der Waals surface area contributed by atoms with Crippen LogP contribution >= 0.6 is 11.3 Å². The van der Waals surface area contributed by atoms with Crippen molar-refractivity contribution in [2.24, 2.45) is 0 Å². The lowest BCUT2D eigenvalue weighted by molar-refractivity contribution is 0.0745. The Morgan fingerprint density at radius 1 is 1.17 bits per heavy atom. The predicted octanol–water partition coefficient (Wildman–Crippen LogP) is 5.21. The third-order valence-electron chi connectivity index (χ3n) is 4.78. The number of hydrogen-bond donors (Lipinski definition) is 0. The molecule has 24 heavy (non-hydrogen) atoms. The van der Waals surface area contributed by atoms with Gasteiger partial charge in [-0.2, -0.15) is 0 Å². The van der Waals surface area contributed by atoms with Gasteiger partial charge < -0.3 is 9.64 Å². The van der Waals surface area contributed by atoms with Gasteiger partial charge in [0, 0.05) is 22.4 Å². The van der Waals surface area contributed by atoms with Crippen LogP contribution in [0.4, 0.5) is 0 Å². The molecule has 0 bridgehead atoms. The summed E-state index contributed by atoms with van der Waals surface area (Å²) in [7, 11) is 1.87. The molecule has 1 heterocycles. The van der Waals surface area contributed by atoms with Crippen LogP contribution in [-0.2, 0) is 0 Å². The first-order valence-corrected chi connectivity index (χ1v) is 9.46. The van der Waals surface area contributed by atoms with Crippen molar-refractivity contribution in [3.8, 4) is 5.75 Å². The molecule has 0 aliphatic heterocycles. The first kappa shape index (κ1) is 17.0. The molecule has 1 saturated carbocycles. The van der Waals surface area contributed by atoms with Crippen LogP contribution < -0.4 is 4.74 Å². The van der Waals surface area contributed by atoms with Crippen molar-refractivity contribution < 1.29 is 9.53 Å². The van der Waals surface area contributed by atoms with Gasteiger partial charge in [-0.1, -0.05) is 0 Å². The lowest BCUT2D eigenvalue weighted by Gasteiger charge is -2.24.